The van der Waals surface area contributed by atoms with Crippen LogP contribution in [0.15, 0.2) is 18.2 Å². The van der Waals surface area contributed by atoms with Crippen LogP contribution in [-0.2, 0) is 11.3 Å². The minimum Gasteiger partial charge on any atom is -0.493 e. The summed E-state index contributed by atoms with van der Waals surface area (Å²) in [6, 6.07) is 6.00. The van der Waals surface area contributed by atoms with Gasteiger partial charge in [0, 0.05) is 19.2 Å². The van der Waals surface area contributed by atoms with Crippen LogP contribution >= 0.6 is 0 Å². The van der Waals surface area contributed by atoms with Gasteiger partial charge in [0.25, 0.3) is 0 Å². The number of hydrogen-bond acceptors (Lipinski definition) is 4. The van der Waals surface area contributed by atoms with Crippen molar-refractivity contribution in [3.63, 3.8) is 0 Å². The number of ether oxygens (including phenoxy) is 3. The minimum atomic E-state index is -0.0141. The van der Waals surface area contributed by atoms with E-state index < -0.39 is 0 Å². The number of nitrogens with one attached hydrogen (secondary N) is 1. The Morgan fingerprint density at radius 3 is 2.40 bits per heavy atom. The first-order valence-electron chi connectivity index (χ1n) is 6.93. The molecule has 1 atom stereocenters. The van der Waals surface area contributed by atoms with Gasteiger partial charge in [-0.15, -0.1) is 0 Å². The molecule has 1 aromatic carbocycles. The first-order valence-corrected chi connectivity index (χ1v) is 6.93. The van der Waals surface area contributed by atoms with Crippen molar-refractivity contribution in [2.24, 2.45) is 0 Å². The molecule has 1 rings (SSSR count). The van der Waals surface area contributed by atoms with E-state index in [-0.39, 0.29) is 11.6 Å². The van der Waals surface area contributed by atoms with Crippen LogP contribution < -0.4 is 14.8 Å². The monoisotopic (exact) mass is 281 g/mol. The lowest BCUT2D eigenvalue weighted by molar-refractivity contribution is 0.0899. The molecule has 4 nitrogen and oxygen atoms in total. The van der Waals surface area contributed by atoms with E-state index in [1.165, 1.54) is 5.56 Å². The maximum atomic E-state index is 5.87. The highest BCUT2D eigenvalue weighted by atomic mass is 16.5. The Morgan fingerprint density at radius 1 is 1.15 bits per heavy atom. The van der Waals surface area contributed by atoms with Crippen LogP contribution in [0.5, 0.6) is 11.5 Å². The van der Waals surface area contributed by atoms with Gasteiger partial charge in [-0.25, -0.2) is 0 Å². The van der Waals surface area contributed by atoms with Crippen LogP contribution in [0.4, 0.5) is 0 Å². The smallest absolute Gasteiger partial charge is 0.162 e. The Bertz CT molecular complexity index is 413. The predicted molar refractivity (Wildman–Crippen MR) is 81.6 cm³/mol. The van der Waals surface area contributed by atoms with Gasteiger partial charge in [-0.3, -0.25) is 0 Å². The number of hydrogen-bond donors (Lipinski definition) is 1. The molecule has 0 saturated heterocycles. The van der Waals surface area contributed by atoms with E-state index in [0.29, 0.717) is 6.61 Å². The zero-order valence-electron chi connectivity index (χ0n) is 13.4. The molecule has 0 aromatic heterocycles. The van der Waals surface area contributed by atoms with Crippen molar-refractivity contribution in [1.82, 2.24) is 5.32 Å². The fourth-order valence-electron chi connectivity index (χ4n) is 1.78. The van der Waals surface area contributed by atoms with Crippen molar-refractivity contribution in [2.75, 3.05) is 20.8 Å². The van der Waals surface area contributed by atoms with Gasteiger partial charge >= 0.3 is 0 Å². The van der Waals surface area contributed by atoms with E-state index in [1.54, 1.807) is 14.2 Å². The average molecular weight is 281 g/mol. The molecule has 0 saturated carbocycles. The van der Waals surface area contributed by atoms with Crippen molar-refractivity contribution in [1.29, 1.82) is 0 Å². The standard InChI is InChI=1S/C16H27NO3/c1-12(11-18-5)20-15-9-13(7-8-14(15)19-6)10-17-16(2,3)4/h7-9,12,17H,10-11H2,1-6H3. The Labute approximate surface area is 122 Å². The molecule has 0 amide bonds. The predicted octanol–water partition coefficient (Wildman–Crippen LogP) is 3.00. The Morgan fingerprint density at radius 2 is 1.85 bits per heavy atom. The van der Waals surface area contributed by atoms with Gasteiger partial charge in [0.2, 0.25) is 0 Å². The van der Waals surface area contributed by atoms with E-state index >= 15 is 0 Å². The number of methoxy groups -OCH3 is 2. The summed E-state index contributed by atoms with van der Waals surface area (Å²) in [4.78, 5) is 0. The molecule has 20 heavy (non-hydrogen) atoms. The summed E-state index contributed by atoms with van der Waals surface area (Å²) in [7, 11) is 3.32. The van der Waals surface area contributed by atoms with Gasteiger partial charge in [0.05, 0.1) is 13.7 Å². The van der Waals surface area contributed by atoms with E-state index in [0.717, 1.165) is 18.0 Å². The van der Waals surface area contributed by atoms with Crippen molar-refractivity contribution < 1.29 is 14.2 Å². The fourth-order valence-corrected chi connectivity index (χ4v) is 1.78. The van der Waals surface area contributed by atoms with Crippen LogP contribution in [0.2, 0.25) is 0 Å². The quantitative estimate of drug-likeness (QED) is 0.834. The van der Waals surface area contributed by atoms with Crippen molar-refractivity contribution in [3.05, 3.63) is 23.8 Å². The zero-order valence-corrected chi connectivity index (χ0v) is 13.4. The molecule has 0 aliphatic heterocycles. The maximum Gasteiger partial charge on any atom is 0.162 e. The summed E-state index contributed by atoms with van der Waals surface area (Å²) >= 11 is 0. The average Bonchev–Trinajstić information content (AvgIpc) is 2.36. The summed E-state index contributed by atoms with van der Waals surface area (Å²) in [6.07, 6.45) is -0.0141. The van der Waals surface area contributed by atoms with E-state index in [9.17, 15) is 0 Å². The molecule has 0 radical (unpaired) electrons. The minimum absolute atomic E-state index is 0.0141. The summed E-state index contributed by atoms with van der Waals surface area (Å²) in [5, 5.41) is 3.46. The molecule has 1 N–H and O–H groups in total. The molecule has 0 spiro atoms. The molecule has 4 heteroatoms. The largest absolute Gasteiger partial charge is 0.493 e. The Kier molecular flexibility index (Phi) is 6.30. The molecule has 0 bridgehead atoms. The lowest BCUT2D eigenvalue weighted by atomic mass is 10.1. The molecule has 0 fully saturated rings. The Hall–Kier alpha value is -1.26. The highest BCUT2D eigenvalue weighted by molar-refractivity contribution is 5.43. The summed E-state index contributed by atoms with van der Waals surface area (Å²) < 4.78 is 16.3. The third-order valence-electron chi connectivity index (χ3n) is 2.78. The first-order chi connectivity index (χ1) is 9.35. The summed E-state index contributed by atoms with van der Waals surface area (Å²) in [6.45, 7) is 9.76. The van der Waals surface area contributed by atoms with Crippen LogP contribution in [0.1, 0.15) is 33.3 Å². The number of benzene rings is 1. The van der Waals surface area contributed by atoms with Gasteiger partial charge in [-0.05, 0) is 45.4 Å². The van der Waals surface area contributed by atoms with Gasteiger partial charge in [0.15, 0.2) is 11.5 Å². The van der Waals surface area contributed by atoms with Crippen LogP contribution in [0.25, 0.3) is 0 Å². The first kappa shape index (κ1) is 16.8. The molecule has 1 aromatic rings. The van der Waals surface area contributed by atoms with Crippen LogP contribution in [0.3, 0.4) is 0 Å². The van der Waals surface area contributed by atoms with Gasteiger partial charge in [-0.1, -0.05) is 6.07 Å². The Balaban J connectivity index is 2.80. The zero-order chi connectivity index (χ0) is 15.2. The fraction of sp³-hybridized carbons (Fsp3) is 0.625. The second-order valence-electron chi connectivity index (χ2n) is 5.97. The highest BCUT2D eigenvalue weighted by Gasteiger charge is 2.12. The lowest BCUT2D eigenvalue weighted by Crippen LogP contribution is -2.35. The summed E-state index contributed by atoms with van der Waals surface area (Å²) in [5.41, 5.74) is 1.25. The second kappa shape index (κ2) is 7.50. The van der Waals surface area contributed by atoms with Gasteiger partial charge < -0.3 is 19.5 Å². The van der Waals surface area contributed by atoms with Crippen molar-refractivity contribution in [2.45, 2.75) is 45.9 Å². The highest BCUT2D eigenvalue weighted by Crippen LogP contribution is 2.29. The van der Waals surface area contributed by atoms with E-state index in [2.05, 4.69) is 26.1 Å². The molecule has 114 valence electrons. The SMILES string of the molecule is COCC(C)Oc1cc(CNC(C)(C)C)ccc1OC. The van der Waals surface area contributed by atoms with Crippen LogP contribution in [-0.4, -0.2) is 32.5 Å². The van der Waals surface area contributed by atoms with Crippen molar-refractivity contribution >= 4 is 0 Å². The molecule has 0 heterocycles. The maximum absolute atomic E-state index is 5.87. The third-order valence-corrected chi connectivity index (χ3v) is 2.78. The van der Waals surface area contributed by atoms with E-state index in [4.69, 9.17) is 14.2 Å². The van der Waals surface area contributed by atoms with Crippen molar-refractivity contribution in [3.8, 4) is 11.5 Å². The topological polar surface area (TPSA) is 39.7 Å². The van der Waals surface area contributed by atoms with Crippen LogP contribution in [0, 0.1) is 0 Å². The third kappa shape index (κ3) is 5.80. The summed E-state index contributed by atoms with van der Waals surface area (Å²) in [5.74, 6) is 1.50. The molecule has 0 aliphatic rings. The van der Waals surface area contributed by atoms with Gasteiger partial charge in [0.1, 0.15) is 6.10 Å². The molecule has 1 unspecified atom stereocenters. The number of rotatable bonds is 7. The van der Waals surface area contributed by atoms with E-state index in [1.807, 2.05) is 25.1 Å². The normalized spacial score (nSPS) is 13.1. The second-order valence-corrected chi connectivity index (χ2v) is 5.97. The lowest BCUT2D eigenvalue weighted by Gasteiger charge is -2.21. The van der Waals surface area contributed by atoms with Gasteiger partial charge in [-0.2, -0.15) is 0 Å². The molecular formula is C16H27NO3. The molecular weight excluding hydrogens is 254 g/mol. The molecule has 0 aliphatic carbocycles.